The van der Waals surface area contributed by atoms with Crippen LogP contribution in [-0.4, -0.2) is 18.4 Å². The van der Waals surface area contributed by atoms with E-state index in [1.165, 1.54) is 6.92 Å². The molecule has 0 aliphatic carbocycles. The Morgan fingerprint density at radius 1 is 1.39 bits per heavy atom. The van der Waals surface area contributed by atoms with Gasteiger partial charge in [-0.05, 0) is 25.5 Å². The second-order valence-electron chi connectivity index (χ2n) is 3.83. The normalized spacial score (nSPS) is 9.33. The van der Waals surface area contributed by atoms with Crippen molar-refractivity contribution >= 4 is 17.5 Å². The molecule has 0 unspecified atom stereocenters. The lowest BCUT2D eigenvalue weighted by Gasteiger charge is -2.07. The molecule has 2 N–H and O–H groups in total. The van der Waals surface area contributed by atoms with Crippen molar-refractivity contribution in [2.24, 2.45) is 0 Å². The average Bonchev–Trinajstić information content (AvgIpc) is 2.35. The Morgan fingerprint density at radius 2 is 2.17 bits per heavy atom. The number of terminal acetylenes is 1. The number of urea groups is 1. The lowest BCUT2D eigenvalue weighted by atomic mass is 10.1. The minimum absolute atomic E-state index is 0.0342. The van der Waals surface area contributed by atoms with Crippen LogP contribution in [0, 0.1) is 12.3 Å². The first-order chi connectivity index (χ1) is 8.63. The Morgan fingerprint density at radius 3 is 2.83 bits per heavy atom. The van der Waals surface area contributed by atoms with Gasteiger partial charge in [0.25, 0.3) is 0 Å². The van der Waals surface area contributed by atoms with Crippen molar-refractivity contribution in [3.8, 4) is 12.3 Å². The second kappa shape index (κ2) is 7.13. The van der Waals surface area contributed by atoms with Crippen LogP contribution in [0.2, 0.25) is 0 Å². The number of ketones is 1. The number of benzene rings is 1. The van der Waals surface area contributed by atoms with Crippen molar-refractivity contribution in [2.75, 3.05) is 11.9 Å². The second-order valence-corrected chi connectivity index (χ2v) is 3.83. The van der Waals surface area contributed by atoms with Gasteiger partial charge in [0.15, 0.2) is 5.78 Å². The molecule has 4 heteroatoms. The predicted octanol–water partition coefficient (Wildman–Crippen LogP) is 2.42. The molecule has 1 aromatic carbocycles. The molecular formula is C14H16N2O2. The maximum Gasteiger partial charge on any atom is 0.319 e. The number of rotatable bonds is 5. The van der Waals surface area contributed by atoms with Gasteiger partial charge in [-0.3, -0.25) is 4.79 Å². The molecule has 0 atom stereocenters. The third kappa shape index (κ3) is 4.71. The topological polar surface area (TPSA) is 58.2 Å². The van der Waals surface area contributed by atoms with Crippen molar-refractivity contribution in [3.05, 3.63) is 29.8 Å². The molecule has 1 rings (SSSR count). The van der Waals surface area contributed by atoms with Gasteiger partial charge in [-0.2, -0.15) is 0 Å². The highest BCUT2D eigenvalue weighted by atomic mass is 16.2. The summed E-state index contributed by atoms with van der Waals surface area (Å²) in [6, 6.07) is 6.51. The molecule has 1 aromatic rings. The number of carbonyl (C=O) groups is 2. The van der Waals surface area contributed by atoms with E-state index in [1.54, 1.807) is 24.3 Å². The summed E-state index contributed by atoms with van der Waals surface area (Å²) in [5, 5.41) is 5.34. The number of nitrogens with one attached hydrogen (secondary N) is 2. The number of Topliss-reactive ketones (excluding diaryl/α,β-unsaturated/α-hetero) is 1. The molecule has 94 valence electrons. The Bertz CT molecular complexity index is 475. The maximum atomic E-state index is 11.5. The molecule has 0 heterocycles. The summed E-state index contributed by atoms with van der Waals surface area (Å²) in [5.41, 5.74) is 1.16. The van der Waals surface area contributed by atoms with Gasteiger partial charge in [0.2, 0.25) is 0 Å². The van der Waals surface area contributed by atoms with Gasteiger partial charge in [-0.25, -0.2) is 4.79 Å². The minimum atomic E-state index is -0.298. The number of anilines is 1. The summed E-state index contributed by atoms with van der Waals surface area (Å²) >= 11 is 0. The monoisotopic (exact) mass is 244 g/mol. The van der Waals surface area contributed by atoms with Gasteiger partial charge >= 0.3 is 6.03 Å². The van der Waals surface area contributed by atoms with E-state index < -0.39 is 0 Å². The zero-order valence-electron chi connectivity index (χ0n) is 10.3. The van der Waals surface area contributed by atoms with E-state index in [2.05, 4.69) is 16.6 Å². The molecule has 0 bridgehead atoms. The Balaban J connectivity index is 2.47. The Kier molecular flexibility index (Phi) is 5.46. The van der Waals surface area contributed by atoms with Crippen LogP contribution in [0.15, 0.2) is 24.3 Å². The molecule has 0 radical (unpaired) electrons. The van der Waals surface area contributed by atoms with Crippen LogP contribution in [0.25, 0.3) is 0 Å². The van der Waals surface area contributed by atoms with E-state index in [0.717, 1.165) is 6.42 Å². The van der Waals surface area contributed by atoms with Crippen molar-refractivity contribution in [2.45, 2.75) is 19.8 Å². The van der Waals surface area contributed by atoms with E-state index >= 15 is 0 Å². The van der Waals surface area contributed by atoms with Crippen LogP contribution in [0.4, 0.5) is 10.5 Å². The van der Waals surface area contributed by atoms with Crippen LogP contribution in [0.5, 0.6) is 0 Å². The molecule has 0 aromatic heterocycles. The summed E-state index contributed by atoms with van der Waals surface area (Å²) < 4.78 is 0. The van der Waals surface area contributed by atoms with Crippen molar-refractivity contribution in [3.63, 3.8) is 0 Å². The standard InChI is InChI=1S/C14H16N2O2/c1-3-4-5-9-15-14(18)16-13-8-6-7-12(10-13)11(2)17/h1,6-8,10H,4-5,9H2,2H3,(H2,15,16,18). The van der Waals surface area contributed by atoms with Crippen molar-refractivity contribution < 1.29 is 9.59 Å². The predicted molar refractivity (Wildman–Crippen MR) is 71.5 cm³/mol. The SMILES string of the molecule is C#CCCCNC(=O)Nc1cccc(C(C)=O)c1. The number of hydrogen-bond donors (Lipinski definition) is 2. The molecular weight excluding hydrogens is 228 g/mol. The first kappa shape index (κ1) is 13.8. The lowest BCUT2D eigenvalue weighted by molar-refractivity contribution is 0.101. The zero-order valence-corrected chi connectivity index (χ0v) is 10.3. The third-order valence-corrected chi connectivity index (χ3v) is 2.31. The first-order valence-corrected chi connectivity index (χ1v) is 5.73. The van der Waals surface area contributed by atoms with Gasteiger partial charge in [0, 0.05) is 24.2 Å². The highest BCUT2D eigenvalue weighted by Gasteiger charge is 2.03. The highest BCUT2D eigenvalue weighted by Crippen LogP contribution is 2.10. The molecule has 0 aliphatic rings. The van der Waals surface area contributed by atoms with Crippen LogP contribution >= 0.6 is 0 Å². The number of amides is 2. The fourth-order valence-corrected chi connectivity index (χ4v) is 1.38. The minimum Gasteiger partial charge on any atom is -0.338 e. The smallest absolute Gasteiger partial charge is 0.319 e. The van der Waals surface area contributed by atoms with E-state index in [-0.39, 0.29) is 11.8 Å². The summed E-state index contributed by atoms with van der Waals surface area (Å²) in [7, 11) is 0. The summed E-state index contributed by atoms with van der Waals surface area (Å²) in [6.07, 6.45) is 6.49. The summed E-state index contributed by atoms with van der Waals surface area (Å²) in [4.78, 5) is 22.7. The van der Waals surface area contributed by atoms with Crippen molar-refractivity contribution in [1.82, 2.24) is 5.32 Å². The Hall–Kier alpha value is -2.28. The number of unbranched alkanes of at least 4 members (excludes halogenated alkanes) is 1. The van der Waals surface area contributed by atoms with Gasteiger partial charge in [0.1, 0.15) is 0 Å². The fraction of sp³-hybridized carbons (Fsp3) is 0.286. The van der Waals surface area contributed by atoms with Crippen LogP contribution in [-0.2, 0) is 0 Å². The van der Waals surface area contributed by atoms with E-state index in [0.29, 0.717) is 24.2 Å². The van der Waals surface area contributed by atoms with Crippen LogP contribution in [0.3, 0.4) is 0 Å². The quantitative estimate of drug-likeness (QED) is 0.475. The molecule has 0 aliphatic heterocycles. The molecule has 0 fully saturated rings. The van der Waals surface area contributed by atoms with E-state index in [4.69, 9.17) is 6.42 Å². The Labute approximate surface area is 107 Å². The van der Waals surface area contributed by atoms with E-state index in [9.17, 15) is 9.59 Å². The van der Waals surface area contributed by atoms with Crippen LogP contribution in [0.1, 0.15) is 30.1 Å². The molecule has 0 spiro atoms. The van der Waals surface area contributed by atoms with Gasteiger partial charge in [-0.15, -0.1) is 12.3 Å². The molecule has 2 amide bonds. The largest absolute Gasteiger partial charge is 0.338 e. The lowest BCUT2D eigenvalue weighted by Crippen LogP contribution is -2.29. The average molecular weight is 244 g/mol. The van der Waals surface area contributed by atoms with Crippen molar-refractivity contribution in [1.29, 1.82) is 0 Å². The highest BCUT2D eigenvalue weighted by molar-refractivity contribution is 5.96. The van der Waals surface area contributed by atoms with Gasteiger partial charge in [-0.1, -0.05) is 12.1 Å². The van der Waals surface area contributed by atoms with E-state index in [1.807, 2.05) is 0 Å². The molecule has 0 saturated heterocycles. The summed E-state index contributed by atoms with van der Waals surface area (Å²) in [5.74, 6) is 2.47. The number of carbonyl (C=O) groups excluding carboxylic acids is 2. The zero-order chi connectivity index (χ0) is 13.4. The number of hydrogen-bond acceptors (Lipinski definition) is 2. The van der Waals surface area contributed by atoms with Gasteiger partial charge in [0.05, 0.1) is 0 Å². The van der Waals surface area contributed by atoms with Crippen LogP contribution < -0.4 is 10.6 Å². The van der Waals surface area contributed by atoms with Gasteiger partial charge < -0.3 is 10.6 Å². The first-order valence-electron chi connectivity index (χ1n) is 5.73. The fourth-order valence-electron chi connectivity index (χ4n) is 1.38. The summed E-state index contributed by atoms with van der Waals surface area (Å²) in [6.45, 7) is 2.02. The third-order valence-electron chi connectivity index (χ3n) is 2.31. The molecule has 18 heavy (non-hydrogen) atoms. The molecule has 4 nitrogen and oxygen atoms in total. The maximum absolute atomic E-state index is 11.5. The molecule has 0 saturated carbocycles.